The van der Waals surface area contributed by atoms with Gasteiger partial charge in [-0.2, -0.15) is 0 Å². The van der Waals surface area contributed by atoms with E-state index in [1.807, 2.05) is 6.07 Å². The van der Waals surface area contributed by atoms with Gasteiger partial charge in [0.05, 0.1) is 0 Å². The molecule has 1 aromatic rings. The SMILES string of the molecule is CC(C)Cc1cc(NN)nc(CC2CC2)n1. The third kappa shape index (κ3) is 3.17. The summed E-state index contributed by atoms with van der Waals surface area (Å²) < 4.78 is 0. The Bertz CT molecular complexity index is 336. The Hall–Kier alpha value is -1.16. The van der Waals surface area contributed by atoms with Gasteiger partial charge in [-0.3, -0.25) is 0 Å². The third-order valence-corrected chi connectivity index (χ3v) is 2.76. The van der Waals surface area contributed by atoms with Gasteiger partial charge < -0.3 is 5.43 Å². The zero-order chi connectivity index (χ0) is 11.5. The average Bonchev–Trinajstić information content (AvgIpc) is 3.00. The Morgan fingerprint density at radius 2 is 2.19 bits per heavy atom. The lowest BCUT2D eigenvalue weighted by Crippen LogP contribution is -2.12. The highest BCUT2D eigenvalue weighted by Gasteiger charge is 2.23. The molecule has 3 N–H and O–H groups in total. The van der Waals surface area contributed by atoms with Crippen LogP contribution in [-0.4, -0.2) is 9.97 Å². The van der Waals surface area contributed by atoms with E-state index in [2.05, 4.69) is 29.2 Å². The molecule has 0 bridgehead atoms. The van der Waals surface area contributed by atoms with Crippen LogP contribution in [0.3, 0.4) is 0 Å². The summed E-state index contributed by atoms with van der Waals surface area (Å²) in [4.78, 5) is 8.99. The molecule has 4 nitrogen and oxygen atoms in total. The molecule has 0 atom stereocenters. The minimum atomic E-state index is 0.606. The van der Waals surface area contributed by atoms with Crippen molar-refractivity contribution in [2.45, 2.75) is 39.5 Å². The molecule has 88 valence electrons. The maximum absolute atomic E-state index is 5.42. The summed E-state index contributed by atoms with van der Waals surface area (Å²) in [6.07, 6.45) is 4.63. The van der Waals surface area contributed by atoms with E-state index in [0.717, 1.165) is 36.1 Å². The predicted octanol–water partition coefficient (Wildman–Crippen LogP) is 1.91. The summed E-state index contributed by atoms with van der Waals surface area (Å²) in [5.74, 6) is 8.51. The Balaban J connectivity index is 2.15. The standard InChI is InChI=1S/C12H20N4/c1-8(2)5-10-7-12(16-13)15-11(14-10)6-9-3-4-9/h7-9H,3-6,13H2,1-2H3,(H,14,15,16). The van der Waals surface area contributed by atoms with Crippen molar-refractivity contribution in [2.24, 2.45) is 17.7 Å². The fourth-order valence-electron chi connectivity index (χ4n) is 1.82. The van der Waals surface area contributed by atoms with Crippen molar-refractivity contribution in [3.8, 4) is 0 Å². The molecule has 0 aliphatic heterocycles. The number of hydrazine groups is 1. The van der Waals surface area contributed by atoms with Crippen LogP contribution in [0.1, 0.15) is 38.2 Å². The van der Waals surface area contributed by atoms with Crippen LogP contribution in [0.25, 0.3) is 0 Å². The van der Waals surface area contributed by atoms with Gasteiger partial charge in [-0.25, -0.2) is 15.8 Å². The Labute approximate surface area is 96.6 Å². The van der Waals surface area contributed by atoms with Crippen LogP contribution in [0.2, 0.25) is 0 Å². The topological polar surface area (TPSA) is 63.8 Å². The molecule has 1 aromatic heterocycles. The van der Waals surface area contributed by atoms with E-state index in [1.54, 1.807) is 0 Å². The van der Waals surface area contributed by atoms with Gasteiger partial charge in [0.2, 0.25) is 0 Å². The van der Waals surface area contributed by atoms with Crippen molar-refractivity contribution in [1.82, 2.24) is 9.97 Å². The average molecular weight is 220 g/mol. The summed E-state index contributed by atoms with van der Waals surface area (Å²) in [5.41, 5.74) is 3.71. The molecule has 0 amide bonds. The summed E-state index contributed by atoms with van der Waals surface area (Å²) in [7, 11) is 0. The molecule has 0 unspecified atom stereocenters. The number of rotatable bonds is 5. The van der Waals surface area contributed by atoms with Gasteiger partial charge in [-0.1, -0.05) is 13.8 Å². The van der Waals surface area contributed by atoms with Crippen molar-refractivity contribution < 1.29 is 0 Å². The van der Waals surface area contributed by atoms with Crippen molar-refractivity contribution in [3.63, 3.8) is 0 Å². The first-order valence-electron chi connectivity index (χ1n) is 6.01. The number of hydrogen-bond donors (Lipinski definition) is 2. The zero-order valence-corrected chi connectivity index (χ0v) is 10.0. The lowest BCUT2D eigenvalue weighted by Gasteiger charge is -2.09. The van der Waals surface area contributed by atoms with Gasteiger partial charge in [-0.15, -0.1) is 0 Å². The summed E-state index contributed by atoms with van der Waals surface area (Å²) in [6, 6.07) is 1.94. The molecule has 0 radical (unpaired) electrons. The second-order valence-electron chi connectivity index (χ2n) is 5.05. The number of anilines is 1. The fourth-order valence-corrected chi connectivity index (χ4v) is 1.82. The van der Waals surface area contributed by atoms with Crippen LogP contribution < -0.4 is 11.3 Å². The molecule has 1 aliphatic carbocycles. The third-order valence-electron chi connectivity index (χ3n) is 2.76. The highest BCUT2D eigenvalue weighted by atomic mass is 15.3. The summed E-state index contributed by atoms with van der Waals surface area (Å²) >= 11 is 0. The van der Waals surface area contributed by atoms with E-state index >= 15 is 0 Å². The number of nitrogens with one attached hydrogen (secondary N) is 1. The molecular weight excluding hydrogens is 200 g/mol. The molecule has 2 rings (SSSR count). The highest BCUT2D eigenvalue weighted by molar-refractivity contribution is 5.34. The van der Waals surface area contributed by atoms with Crippen molar-refractivity contribution >= 4 is 5.82 Å². The molecule has 0 spiro atoms. The second kappa shape index (κ2) is 4.78. The van der Waals surface area contributed by atoms with Crippen molar-refractivity contribution in [3.05, 3.63) is 17.6 Å². The van der Waals surface area contributed by atoms with Gasteiger partial charge in [-0.05, 0) is 31.1 Å². The number of nitrogens with zero attached hydrogens (tertiary/aromatic N) is 2. The molecule has 0 saturated heterocycles. The van der Waals surface area contributed by atoms with Crippen molar-refractivity contribution in [2.75, 3.05) is 5.43 Å². The lowest BCUT2D eigenvalue weighted by atomic mass is 10.1. The monoisotopic (exact) mass is 220 g/mol. The summed E-state index contributed by atoms with van der Waals surface area (Å²) in [5, 5.41) is 0. The van der Waals surface area contributed by atoms with Crippen LogP contribution in [0, 0.1) is 11.8 Å². The predicted molar refractivity (Wildman–Crippen MR) is 64.8 cm³/mol. The maximum atomic E-state index is 5.42. The minimum Gasteiger partial charge on any atom is -0.308 e. The highest BCUT2D eigenvalue weighted by Crippen LogP contribution is 2.31. The Kier molecular flexibility index (Phi) is 3.39. The molecular formula is C12H20N4. The van der Waals surface area contributed by atoms with Crippen LogP contribution in [-0.2, 0) is 12.8 Å². The van der Waals surface area contributed by atoms with Gasteiger partial charge in [0.25, 0.3) is 0 Å². The first-order chi connectivity index (χ1) is 7.67. The van der Waals surface area contributed by atoms with Crippen molar-refractivity contribution in [1.29, 1.82) is 0 Å². The first kappa shape index (κ1) is 11.3. The van der Waals surface area contributed by atoms with Gasteiger partial charge >= 0.3 is 0 Å². The normalized spacial score (nSPS) is 15.5. The van der Waals surface area contributed by atoms with Crippen LogP contribution in [0.15, 0.2) is 6.07 Å². The van der Waals surface area contributed by atoms with E-state index in [0.29, 0.717) is 5.92 Å². The van der Waals surface area contributed by atoms with Crippen LogP contribution in [0.5, 0.6) is 0 Å². The number of nitrogen functional groups attached to an aromatic ring is 1. The molecule has 4 heteroatoms. The van der Waals surface area contributed by atoms with Crippen LogP contribution in [0.4, 0.5) is 5.82 Å². The van der Waals surface area contributed by atoms with E-state index in [1.165, 1.54) is 12.8 Å². The van der Waals surface area contributed by atoms with Gasteiger partial charge in [0, 0.05) is 18.2 Å². The number of aromatic nitrogens is 2. The molecule has 1 saturated carbocycles. The van der Waals surface area contributed by atoms with Crippen LogP contribution >= 0.6 is 0 Å². The largest absolute Gasteiger partial charge is 0.308 e. The second-order valence-corrected chi connectivity index (χ2v) is 5.05. The molecule has 1 aliphatic rings. The van der Waals surface area contributed by atoms with E-state index in [4.69, 9.17) is 5.84 Å². The van der Waals surface area contributed by atoms with E-state index in [-0.39, 0.29) is 0 Å². The quantitative estimate of drug-likeness (QED) is 0.587. The molecule has 1 fully saturated rings. The smallest absolute Gasteiger partial charge is 0.143 e. The zero-order valence-electron chi connectivity index (χ0n) is 10.0. The fraction of sp³-hybridized carbons (Fsp3) is 0.667. The van der Waals surface area contributed by atoms with E-state index < -0.39 is 0 Å². The maximum Gasteiger partial charge on any atom is 0.143 e. The first-order valence-corrected chi connectivity index (χ1v) is 6.01. The number of hydrogen-bond acceptors (Lipinski definition) is 4. The molecule has 0 aromatic carbocycles. The Morgan fingerprint density at radius 3 is 2.75 bits per heavy atom. The Morgan fingerprint density at radius 1 is 1.44 bits per heavy atom. The molecule has 1 heterocycles. The molecule has 16 heavy (non-hydrogen) atoms. The van der Waals surface area contributed by atoms with Gasteiger partial charge in [0.15, 0.2) is 0 Å². The van der Waals surface area contributed by atoms with E-state index in [9.17, 15) is 0 Å². The van der Waals surface area contributed by atoms with Gasteiger partial charge in [0.1, 0.15) is 11.6 Å². The number of nitrogens with two attached hydrogens (primary N) is 1. The lowest BCUT2D eigenvalue weighted by molar-refractivity contribution is 0.627. The minimum absolute atomic E-state index is 0.606. The summed E-state index contributed by atoms with van der Waals surface area (Å²) in [6.45, 7) is 4.39.